The lowest BCUT2D eigenvalue weighted by Gasteiger charge is -2.15. The van der Waals surface area contributed by atoms with E-state index in [0.717, 1.165) is 30.6 Å². The number of nitrogens with zero attached hydrogens (tertiary/aromatic N) is 1. The van der Waals surface area contributed by atoms with Gasteiger partial charge in [-0.05, 0) is 31.0 Å². The van der Waals surface area contributed by atoms with E-state index in [1.165, 1.54) is 6.07 Å². The van der Waals surface area contributed by atoms with Gasteiger partial charge in [-0.3, -0.25) is 19.3 Å². The smallest absolute Gasteiger partial charge is 0.261 e. The molecule has 22 heavy (non-hydrogen) atoms. The summed E-state index contributed by atoms with van der Waals surface area (Å²) in [6.45, 7) is 0.0997. The van der Waals surface area contributed by atoms with Gasteiger partial charge >= 0.3 is 0 Å². The maximum Gasteiger partial charge on any atom is 0.261 e. The van der Waals surface area contributed by atoms with Crippen LogP contribution in [0.5, 0.6) is 0 Å². The first-order valence-electron chi connectivity index (χ1n) is 7.51. The average molecular weight is 321 g/mol. The van der Waals surface area contributed by atoms with Crippen LogP contribution in [0.4, 0.5) is 0 Å². The zero-order valence-electron chi connectivity index (χ0n) is 12.1. The molecule has 116 valence electrons. The summed E-state index contributed by atoms with van der Waals surface area (Å²) < 4.78 is 0. The van der Waals surface area contributed by atoms with Crippen LogP contribution >= 0.6 is 11.6 Å². The fourth-order valence-corrected chi connectivity index (χ4v) is 3.22. The minimum atomic E-state index is -0.379. The molecule has 0 aromatic heterocycles. The molecule has 1 heterocycles. The van der Waals surface area contributed by atoms with Gasteiger partial charge in [-0.1, -0.05) is 24.4 Å². The van der Waals surface area contributed by atoms with Gasteiger partial charge in [0.1, 0.15) is 0 Å². The summed E-state index contributed by atoms with van der Waals surface area (Å²) in [5, 5.41) is 3.37. The summed E-state index contributed by atoms with van der Waals surface area (Å²) in [4.78, 5) is 37.5. The second kappa shape index (κ2) is 6.08. The molecule has 0 spiro atoms. The highest BCUT2D eigenvalue weighted by atomic mass is 35.5. The van der Waals surface area contributed by atoms with Crippen LogP contribution in [-0.2, 0) is 4.79 Å². The minimum absolute atomic E-state index is 0.0997. The minimum Gasteiger partial charge on any atom is -0.353 e. The van der Waals surface area contributed by atoms with E-state index in [-0.39, 0.29) is 36.7 Å². The first-order chi connectivity index (χ1) is 10.6. The molecule has 0 unspecified atom stereocenters. The van der Waals surface area contributed by atoms with E-state index in [1.54, 1.807) is 12.1 Å². The molecule has 1 aromatic rings. The second-order valence-corrected chi connectivity index (χ2v) is 6.19. The topological polar surface area (TPSA) is 66.5 Å². The lowest BCUT2D eigenvalue weighted by atomic mass is 10.1. The van der Waals surface area contributed by atoms with E-state index in [0.29, 0.717) is 16.1 Å². The molecule has 0 atom stereocenters. The molecule has 6 heteroatoms. The van der Waals surface area contributed by atoms with Crippen LogP contribution in [0, 0.1) is 0 Å². The van der Waals surface area contributed by atoms with Crippen LogP contribution in [0.3, 0.4) is 0 Å². The van der Waals surface area contributed by atoms with Crippen LogP contribution in [0.1, 0.15) is 52.8 Å². The van der Waals surface area contributed by atoms with Crippen molar-refractivity contribution < 1.29 is 14.4 Å². The molecule has 1 fully saturated rings. The molecule has 1 aromatic carbocycles. The monoisotopic (exact) mass is 320 g/mol. The molecule has 1 saturated carbocycles. The molecule has 1 N–H and O–H groups in total. The zero-order chi connectivity index (χ0) is 15.7. The summed E-state index contributed by atoms with van der Waals surface area (Å²) in [7, 11) is 0. The third-order valence-electron chi connectivity index (χ3n) is 4.22. The van der Waals surface area contributed by atoms with Crippen LogP contribution < -0.4 is 5.32 Å². The third-order valence-corrected chi connectivity index (χ3v) is 4.45. The number of hydrogen-bond donors (Lipinski definition) is 1. The first-order valence-corrected chi connectivity index (χ1v) is 7.89. The Balaban J connectivity index is 1.60. The number of halogens is 1. The van der Waals surface area contributed by atoms with Gasteiger partial charge in [0, 0.05) is 24.0 Å². The number of carbonyl (C=O) groups is 3. The van der Waals surface area contributed by atoms with Gasteiger partial charge in [0.15, 0.2) is 0 Å². The highest BCUT2D eigenvalue weighted by Crippen LogP contribution is 2.26. The molecule has 5 nitrogen and oxygen atoms in total. The fraction of sp³-hybridized carbons (Fsp3) is 0.438. The number of rotatable bonds is 4. The number of imide groups is 1. The standard InChI is InChI=1S/C16H17ClN2O3/c17-10-5-6-12-13(9-10)16(22)19(15(12)21)8-7-14(20)18-11-3-1-2-4-11/h5-6,9,11H,1-4,7-8H2,(H,18,20). The first kappa shape index (κ1) is 15.0. The Labute approximate surface area is 133 Å². The Bertz CT molecular complexity index is 638. The van der Waals surface area contributed by atoms with Crippen LogP contribution in [0.25, 0.3) is 0 Å². The third kappa shape index (κ3) is 2.86. The number of carbonyl (C=O) groups excluding carboxylic acids is 3. The number of amides is 3. The van der Waals surface area contributed by atoms with Gasteiger partial charge in [-0.15, -0.1) is 0 Å². The Hall–Kier alpha value is -1.88. The van der Waals surface area contributed by atoms with E-state index in [1.807, 2.05) is 0 Å². The Morgan fingerprint density at radius 3 is 2.59 bits per heavy atom. The number of nitrogens with one attached hydrogen (secondary N) is 1. The largest absolute Gasteiger partial charge is 0.353 e. The van der Waals surface area contributed by atoms with Crippen molar-refractivity contribution in [2.45, 2.75) is 38.1 Å². The van der Waals surface area contributed by atoms with Gasteiger partial charge in [0.2, 0.25) is 5.91 Å². The molecular weight excluding hydrogens is 304 g/mol. The molecule has 0 radical (unpaired) electrons. The molecule has 1 aliphatic carbocycles. The number of fused-ring (bicyclic) bond motifs is 1. The number of hydrogen-bond acceptors (Lipinski definition) is 3. The summed E-state index contributed by atoms with van der Waals surface area (Å²) in [5.41, 5.74) is 0.666. The van der Waals surface area contributed by atoms with Gasteiger partial charge in [-0.2, -0.15) is 0 Å². The van der Waals surface area contributed by atoms with Crippen LogP contribution in [-0.4, -0.2) is 35.2 Å². The molecule has 3 rings (SSSR count). The lowest BCUT2D eigenvalue weighted by molar-refractivity contribution is -0.121. The SMILES string of the molecule is O=C(CCN1C(=O)c2ccc(Cl)cc2C1=O)NC1CCCC1. The van der Waals surface area contributed by atoms with Gasteiger partial charge in [0.05, 0.1) is 11.1 Å². The summed E-state index contributed by atoms with van der Waals surface area (Å²) in [5.74, 6) is -0.844. The van der Waals surface area contributed by atoms with Crippen molar-refractivity contribution in [2.75, 3.05) is 6.54 Å². The van der Waals surface area contributed by atoms with Crippen molar-refractivity contribution in [3.63, 3.8) is 0 Å². The zero-order valence-corrected chi connectivity index (χ0v) is 12.9. The maximum atomic E-state index is 12.2. The van der Waals surface area contributed by atoms with Crippen molar-refractivity contribution in [1.29, 1.82) is 0 Å². The lowest BCUT2D eigenvalue weighted by Crippen LogP contribution is -2.37. The quantitative estimate of drug-likeness (QED) is 0.866. The van der Waals surface area contributed by atoms with E-state index in [4.69, 9.17) is 11.6 Å². The highest BCUT2D eigenvalue weighted by Gasteiger charge is 2.35. The van der Waals surface area contributed by atoms with Crippen LogP contribution in [0.2, 0.25) is 5.02 Å². The predicted octanol–water partition coefficient (Wildman–Crippen LogP) is 2.38. The average Bonchev–Trinajstić information content (AvgIpc) is 3.06. The van der Waals surface area contributed by atoms with Gasteiger partial charge < -0.3 is 5.32 Å². The van der Waals surface area contributed by atoms with E-state index in [2.05, 4.69) is 5.32 Å². The van der Waals surface area contributed by atoms with E-state index >= 15 is 0 Å². The molecular formula is C16H17ClN2O3. The van der Waals surface area contributed by atoms with Gasteiger partial charge in [-0.25, -0.2) is 0 Å². The van der Waals surface area contributed by atoms with E-state index in [9.17, 15) is 14.4 Å². The summed E-state index contributed by atoms with van der Waals surface area (Å²) >= 11 is 5.86. The Morgan fingerprint density at radius 2 is 1.86 bits per heavy atom. The van der Waals surface area contributed by atoms with Crippen molar-refractivity contribution in [1.82, 2.24) is 10.2 Å². The molecule has 3 amide bonds. The van der Waals surface area contributed by atoms with Crippen molar-refractivity contribution in [2.24, 2.45) is 0 Å². The van der Waals surface area contributed by atoms with E-state index < -0.39 is 0 Å². The normalized spacial score (nSPS) is 18.0. The second-order valence-electron chi connectivity index (χ2n) is 5.75. The number of benzene rings is 1. The van der Waals surface area contributed by atoms with Crippen LogP contribution in [0.15, 0.2) is 18.2 Å². The molecule has 2 aliphatic rings. The fourth-order valence-electron chi connectivity index (χ4n) is 3.05. The molecule has 0 saturated heterocycles. The van der Waals surface area contributed by atoms with Crippen molar-refractivity contribution in [3.05, 3.63) is 34.3 Å². The summed E-state index contributed by atoms with van der Waals surface area (Å²) in [6.07, 6.45) is 4.44. The van der Waals surface area contributed by atoms with Gasteiger partial charge in [0.25, 0.3) is 11.8 Å². The maximum absolute atomic E-state index is 12.2. The molecule has 0 bridgehead atoms. The summed E-state index contributed by atoms with van der Waals surface area (Å²) in [6, 6.07) is 4.88. The predicted molar refractivity (Wildman–Crippen MR) is 81.8 cm³/mol. The molecule has 1 aliphatic heterocycles. The Kier molecular flexibility index (Phi) is 4.16. The van der Waals surface area contributed by atoms with Crippen molar-refractivity contribution >= 4 is 29.3 Å². The highest BCUT2D eigenvalue weighted by molar-refractivity contribution is 6.32. The van der Waals surface area contributed by atoms with Crippen molar-refractivity contribution in [3.8, 4) is 0 Å². The Morgan fingerprint density at radius 1 is 1.18 bits per heavy atom.